The number of ether oxygens (including phenoxy) is 2. The third-order valence-corrected chi connectivity index (χ3v) is 2.69. The number of unbranched alkanes of at least 4 members (excludes halogenated alkanes) is 4. The zero-order chi connectivity index (χ0) is 10.3. The minimum Gasteiger partial charge on any atom is -0.396 e. The van der Waals surface area contributed by atoms with Crippen molar-refractivity contribution < 1.29 is 14.6 Å². The lowest BCUT2D eigenvalue weighted by molar-refractivity contribution is -0.147. The number of aliphatic hydroxyl groups excluding tert-OH is 1. The molecule has 0 atom stereocenters. The quantitative estimate of drug-likeness (QED) is 0.642. The molecule has 84 valence electrons. The minimum atomic E-state index is -0.309. The van der Waals surface area contributed by atoms with E-state index in [0.717, 1.165) is 38.9 Å². The maximum atomic E-state index is 8.60. The van der Waals surface area contributed by atoms with Crippen molar-refractivity contribution in [1.29, 1.82) is 0 Å². The molecule has 1 fully saturated rings. The zero-order valence-electron chi connectivity index (χ0n) is 9.13. The molecule has 0 aliphatic carbocycles. The highest BCUT2D eigenvalue weighted by Crippen LogP contribution is 2.25. The fraction of sp³-hybridized carbons (Fsp3) is 1.00. The highest BCUT2D eigenvalue weighted by atomic mass is 16.7. The highest BCUT2D eigenvalue weighted by Gasteiger charge is 2.29. The molecule has 1 aliphatic rings. The maximum Gasteiger partial charge on any atom is 0.165 e. The van der Waals surface area contributed by atoms with Crippen LogP contribution in [0.5, 0.6) is 0 Å². The van der Waals surface area contributed by atoms with E-state index in [1.165, 1.54) is 12.8 Å². The van der Waals surface area contributed by atoms with E-state index in [-0.39, 0.29) is 5.79 Å². The van der Waals surface area contributed by atoms with Crippen LogP contribution >= 0.6 is 0 Å². The summed E-state index contributed by atoms with van der Waals surface area (Å²) in [6.45, 7) is 3.82. The average molecular weight is 202 g/mol. The molecule has 1 rings (SSSR count). The Balaban J connectivity index is 1.92. The predicted octanol–water partition coefficient (Wildman–Crippen LogP) is 2.08. The summed E-state index contributed by atoms with van der Waals surface area (Å²) in [7, 11) is 0. The molecule has 0 amide bonds. The van der Waals surface area contributed by atoms with Crippen LogP contribution in [-0.4, -0.2) is 30.7 Å². The summed E-state index contributed by atoms with van der Waals surface area (Å²) in [6, 6.07) is 0. The van der Waals surface area contributed by atoms with Crippen LogP contribution in [0, 0.1) is 0 Å². The van der Waals surface area contributed by atoms with Crippen LogP contribution in [0.1, 0.15) is 45.4 Å². The number of aliphatic hydroxyl groups is 1. The molecule has 14 heavy (non-hydrogen) atoms. The van der Waals surface area contributed by atoms with Crippen LogP contribution < -0.4 is 0 Å². The van der Waals surface area contributed by atoms with Gasteiger partial charge in [-0.05, 0) is 19.8 Å². The molecule has 0 aromatic carbocycles. The summed E-state index contributed by atoms with van der Waals surface area (Å²) >= 11 is 0. The van der Waals surface area contributed by atoms with Gasteiger partial charge in [-0.1, -0.05) is 19.3 Å². The molecule has 0 spiro atoms. The SMILES string of the molecule is CC1(CCCCCCCO)OCCO1. The summed E-state index contributed by atoms with van der Waals surface area (Å²) in [4.78, 5) is 0. The van der Waals surface area contributed by atoms with E-state index in [4.69, 9.17) is 14.6 Å². The molecule has 1 saturated heterocycles. The molecule has 1 aliphatic heterocycles. The van der Waals surface area contributed by atoms with Gasteiger partial charge in [-0.25, -0.2) is 0 Å². The van der Waals surface area contributed by atoms with E-state index < -0.39 is 0 Å². The number of rotatable bonds is 7. The second-order valence-electron chi connectivity index (χ2n) is 4.07. The highest BCUT2D eigenvalue weighted by molar-refractivity contribution is 4.67. The Labute approximate surface area is 86.4 Å². The first kappa shape index (κ1) is 12.0. The average Bonchev–Trinajstić information content (AvgIpc) is 2.59. The predicted molar refractivity (Wildman–Crippen MR) is 55.1 cm³/mol. The topological polar surface area (TPSA) is 38.7 Å². The lowest BCUT2D eigenvalue weighted by Gasteiger charge is -2.21. The van der Waals surface area contributed by atoms with Gasteiger partial charge in [-0.3, -0.25) is 0 Å². The van der Waals surface area contributed by atoms with Gasteiger partial charge in [0.05, 0.1) is 13.2 Å². The molecule has 0 saturated carbocycles. The lowest BCUT2D eigenvalue weighted by atomic mass is 10.1. The maximum absolute atomic E-state index is 8.60. The largest absolute Gasteiger partial charge is 0.396 e. The summed E-state index contributed by atoms with van der Waals surface area (Å²) in [5.74, 6) is -0.309. The molecule has 0 aromatic rings. The van der Waals surface area contributed by atoms with Gasteiger partial charge in [0.2, 0.25) is 0 Å². The van der Waals surface area contributed by atoms with Crippen molar-refractivity contribution in [3.8, 4) is 0 Å². The van der Waals surface area contributed by atoms with Gasteiger partial charge in [-0.15, -0.1) is 0 Å². The van der Waals surface area contributed by atoms with Crippen molar-refractivity contribution in [2.24, 2.45) is 0 Å². The third kappa shape index (κ3) is 4.40. The van der Waals surface area contributed by atoms with E-state index in [0.29, 0.717) is 6.61 Å². The smallest absolute Gasteiger partial charge is 0.165 e. The fourth-order valence-corrected chi connectivity index (χ4v) is 1.79. The first-order valence-electron chi connectivity index (χ1n) is 5.66. The molecule has 0 unspecified atom stereocenters. The lowest BCUT2D eigenvalue weighted by Crippen LogP contribution is -2.24. The van der Waals surface area contributed by atoms with Crippen LogP contribution in [0.2, 0.25) is 0 Å². The fourth-order valence-electron chi connectivity index (χ4n) is 1.79. The second kappa shape index (κ2) is 6.38. The van der Waals surface area contributed by atoms with E-state index in [1.807, 2.05) is 6.92 Å². The molecule has 1 heterocycles. The van der Waals surface area contributed by atoms with E-state index in [1.54, 1.807) is 0 Å². The molecule has 3 nitrogen and oxygen atoms in total. The number of hydrogen-bond acceptors (Lipinski definition) is 3. The van der Waals surface area contributed by atoms with Gasteiger partial charge < -0.3 is 14.6 Å². The van der Waals surface area contributed by atoms with Crippen LogP contribution in [0.25, 0.3) is 0 Å². The van der Waals surface area contributed by atoms with Crippen molar-refractivity contribution in [3.63, 3.8) is 0 Å². The Morgan fingerprint density at radius 3 is 2.21 bits per heavy atom. The van der Waals surface area contributed by atoms with Crippen LogP contribution in [0.15, 0.2) is 0 Å². The Bertz CT molecular complexity index is 141. The molecule has 0 radical (unpaired) electrons. The van der Waals surface area contributed by atoms with Crippen molar-refractivity contribution in [1.82, 2.24) is 0 Å². The molecular formula is C11H22O3. The Hall–Kier alpha value is -0.120. The van der Waals surface area contributed by atoms with Crippen molar-refractivity contribution in [3.05, 3.63) is 0 Å². The van der Waals surface area contributed by atoms with Crippen LogP contribution in [-0.2, 0) is 9.47 Å². The van der Waals surface area contributed by atoms with Crippen LogP contribution in [0.3, 0.4) is 0 Å². The molecule has 0 bridgehead atoms. The Morgan fingerprint density at radius 2 is 1.57 bits per heavy atom. The van der Waals surface area contributed by atoms with Crippen LogP contribution in [0.4, 0.5) is 0 Å². The summed E-state index contributed by atoms with van der Waals surface area (Å²) in [6.07, 6.45) is 6.63. The second-order valence-corrected chi connectivity index (χ2v) is 4.07. The van der Waals surface area contributed by atoms with Gasteiger partial charge in [0.25, 0.3) is 0 Å². The molecule has 1 N–H and O–H groups in total. The summed E-state index contributed by atoms with van der Waals surface area (Å²) in [5, 5.41) is 8.60. The van der Waals surface area contributed by atoms with E-state index in [2.05, 4.69) is 0 Å². The van der Waals surface area contributed by atoms with Crippen molar-refractivity contribution in [2.75, 3.05) is 19.8 Å². The molecular weight excluding hydrogens is 180 g/mol. The van der Waals surface area contributed by atoms with E-state index in [9.17, 15) is 0 Å². The first-order valence-corrected chi connectivity index (χ1v) is 5.66. The van der Waals surface area contributed by atoms with Gasteiger partial charge in [0.1, 0.15) is 0 Å². The van der Waals surface area contributed by atoms with Crippen molar-refractivity contribution in [2.45, 2.75) is 51.2 Å². The van der Waals surface area contributed by atoms with Gasteiger partial charge in [0, 0.05) is 13.0 Å². The summed E-state index contributed by atoms with van der Waals surface area (Å²) < 4.78 is 11.0. The first-order chi connectivity index (χ1) is 6.77. The standard InChI is InChI=1S/C11H22O3/c1-11(13-9-10-14-11)7-5-3-2-4-6-8-12/h12H,2-10H2,1H3. The zero-order valence-corrected chi connectivity index (χ0v) is 9.13. The van der Waals surface area contributed by atoms with Gasteiger partial charge >= 0.3 is 0 Å². The van der Waals surface area contributed by atoms with Gasteiger partial charge in [0.15, 0.2) is 5.79 Å². The minimum absolute atomic E-state index is 0.309. The number of hydrogen-bond donors (Lipinski definition) is 1. The van der Waals surface area contributed by atoms with Crippen molar-refractivity contribution >= 4 is 0 Å². The van der Waals surface area contributed by atoms with E-state index >= 15 is 0 Å². The molecule has 0 aromatic heterocycles. The Kier molecular flexibility index (Phi) is 5.45. The normalized spacial score (nSPS) is 20.1. The molecule has 3 heteroatoms. The summed E-state index contributed by atoms with van der Waals surface area (Å²) in [5.41, 5.74) is 0. The monoisotopic (exact) mass is 202 g/mol. The van der Waals surface area contributed by atoms with Gasteiger partial charge in [-0.2, -0.15) is 0 Å². The third-order valence-electron chi connectivity index (χ3n) is 2.69. The Morgan fingerprint density at radius 1 is 1.00 bits per heavy atom.